The molecule has 0 saturated carbocycles. The molecule has 7 heteroatoms. The lowest BCUT2D eigenvalue weighted by Crippen LogP contribution is -2.51. The summed E-state index contributed by atoms with van der Waals surface area (Å²) >= 11 is 0. The molecule has 25 heavy (non-hydrogen) atoms. The number of fused-ring (bicyclic) bond motifs is 3. The number of halogens is 1. The Morgan fingerprint density at radius 2 is 1.96 bits per heavy atom. The molecule has 2 aliphatic rings. The molecule has 6 nitrogen and oxygen atoms in total. The third kappa shape index (κ3) is 2.60. The van der Waals surface area contributed by atoms with E-state index < -0.39 is 0 Å². The van der Waals surface area contributed by atoms with E-state index in [-0.39, 0.29) is 12.4 Å². The van der Waals surface area contributed by atoms with Gasteiger partial charge in [0.25, 0.3) is 0 Å². The number of aryl methyl sites for hydroxylation is 2. The van der Waals surface area contributed by atoms with Crippen molar-refractivity contribution >= 4 is 29.1 Å². The van der Waals surface area contributed by atoms with Crippen molar-refractivity contribution in [1.82, 2.24) is 25.1 Å². The predicted octanol–water partition coefficient (Wildman–Crippen LogP) is 2.63. The molecule has 2 fully saturated rings. The lowest BCUT2D eigenvalue weighted by atomic mass is 10.1. The van der Waals surface area contributed by atoms with Crippen molar-refractivity contribution in [2.45, 2.75) is 31.8 Å². The molecule has 2 unspecified atom stereocenters. The summed E-state index contributed by atoms with van der Waals surface area (Å²) in [5.41, 5.74) is 5.76. The number of hydrogen-bond donors (Lipinski definition) is 2. The number of aromatic amines is 1. The van der Waals surface area contributed by atoms with Crippen LogP contribution in [0.15, 0.2) is 24.7 Å². The Hall–Kier alpha value is -2.05. The van der Waals surface area contributed by atoms with Gasteiger partial charge < -0.3 is 15.2 Å². The van der Waals surface area contributed by atoms with E-state index in [2.05, 4.69) is 38.3 Å². The quantitative estimate of drug-likeness (QED) is 0.739. The normalized spacial score (nSPS) is 22.4. The number of hydrogen-bond acceptors (Lipinski definition) is 4. The van der Waals surface area contributed by atoms with Crippen LogP contribution in [0.5, 0.6) is 0 Å². The van der Waals surface area contributed by atoms with Crippen molar-refractivity contribution in [3.8, 4) is 11.3 Å². The number of H-pyrrole nitrogens is 1. The van der Waals surface area contributed by atoms with E-state index in [1.807, 2.05) is 30.3 Å². The van der Waals surface area contributed by atoms with Gasteiger partial charge in [-0.3, -0.25) is 4.68 Å². The highest BCUT2D eigenvalue weighted by Crippen LogP contribution is 2.36. The first kappa shape index (κ1) is 16.4. The molecule has 2 bridgehead atoms. The van der Waals surface area contributed by atoms with Crippen molar-refractivity contribution in [3.05, 3.63) is 30.2 Å². The average Bonchev–Trinajstić information content (AvgIpc) is 3.25. The maximum Gasteiger partial charge on any atom is 0.140 e. The minimum atomic E-state index is 0. The van der Waals surface area contributed by atoms with Crippen molar-refractivity contribution < 1.29 is 0 Å². The number of nitrogens with zero attached hydrogens (tertiary/aromatic N) is 4. The summed E-state index contributed by atoms with van der Waals surface area (Å²) < 4.78 is 1.84. The molecule has 3 aromatic rings. The second kappa shape index (κ2) is 6.04. The smallest absolute Gasteiger partial charge is 0.140 e. The van der Waals surface area contributed by atoms with Crippen molar-refractivity contribution in [1.29, 1.82) is 0 Å². The molecule has 0 radical (unpaired) electrons. The van der Waals surface area contributed by atoms with Crippen LogP contribution in [0.1, 0.15) is 18.4 Å². The second-order valence-corrected chi connectivity index (χ2v) is 7.12. The summed E-state index contributed by atoms with van der Waals surface area (Å²) in [5.74, 6) is 0. The van der Waals surface area contributed by atoms with Gasteiger partial charge in [0.2, 0.25) is 0 Å². The molecule has 5 heterocycles. The van der Waals surface area contributed by atoms with Crippen LogP contribution in [0, 0.1) is 6.92 Å². The molecular weight excluding hydrogens is 336 g/mol. The maximum atomic E-state index is 4.58. The highest BCUT2D eigenvalue weighted by atomic mass is 35.5. The summed E-state index contributed by atoms with van der Waals surface area (Å²) in [6.07, 6.45) is 8.46. The van der Waals surface area contributed by atoms with Crippen LogP contribution in [0.2, 0.25) is 0 Å². The molecule has 0 spiro atoms. The first-order valence-corrected chi connectivity index (χ1v) is 8.66. The van der Waals surface area contributed by atoms with Crippen molar-refractivity contribution in [2.24, 2.45) is 7.05 Å². The fourth-order valence-electron chi connectivity index (χ4n) is 4.35. The van der Waals surface area contributed by atoms with E-state index in [0.717, 1.165) is 30.0 Å². The van der Waals surface area contributed by atoms with Gasteiger partial charge >= 0.3 is 0 Å². The Balaban J connectivity index is 0.00000157. The van der Waals surface area contributed by atoms with E-state index >= 15 is 0 Å². The Morgan fingerprint density at radius 1 is 1.20 bits per heavy atom. The van der Waals surface area contributed by atoms with Gasteiger partial charge in [0.15, 0.2) is 0 Å². The Labute approximate surface area is 153 Å². The summed E-state index contributed by atoms with van der Waals surface area (Å²) in [4.78, 5) is 10.6. The van der Waals surface area contributed by atoms with Gasteiger partial charge in [0, 0.05) is 61.3 Å². The third-order valence-electron chi connectivity index (χ3n) is 5.47. The van der Waals surface area contributed by atoms with Crippen LogP contribution < -0.4 is 10.2 Å². The minimum absolute atomic E-state index is 0. The van der Waals surface area contributed by atoms with E-state index in [4.69, 9.17) is 0 Å². The molecule has 2 saturated heterocycles. The number of nitrogens with one attached hydrogen (secondary N) is 2. The monoisotopic (exact) mass is 358 g/mol. The van der Waals surface area contributed by atoms with Gasteiger partial charge in [-0.1, -0.05) is 0 Å². The summed E-state index contributed by atoms with van der Waals surface area (Å²) in [6.45, 7) is 4.36. The first-order chi connectivity index (χ1) is 11.7. The molecule has 2 N–H and O–H groups in total. The molecule has 0 aliphatic carbocycles. The van der Waals surface area contributed by atoms with Gasteiger partial charge in [0.1, 0.15) is 5.65 Å². The molecule has 2 atom stereocenters. The summed E-state index contributed by atoms with van der Waals surface area (Å²) in [6, 6.07) is 3.43. The summed E-state index contributed by atoms with van der Waals surface area (Å²) in [5, 5.41) is 9.26. The number of piperazine rings is 1. The number of pyridine rings is 1. The highest BCUT2D eigenvalue weighted by Gasteiger charge is 2.33. The minimum Gasteiger partial charge on any atom is -0.368 e. The van der Waals surface area contributed by atoms with Crippen molar-refractivity contribution in [3.63, 3.8) is 0 Å². The molecular formula is C18H23ClN6. The van der Waals surface area contributed by atoms with Crippen LogP contribution in [-0.4, -0.2) is 44.9 Å². The zero-order valence-corrected chi connectivity index (χ0v) is 15.3. The van der Waals surface area contributed by atoms with Gasteiger partial charge in [-0.2, -0.15) is 5.10 Å². The Bertz CT molecular complexity index is 902. The molecule has 0 amide bonds. The van der Waals surface area contributed by atoms with Gasteiger partial charge in [-0.25, -0.2) is 4.98 Å². The highest BCUT2D eigenvalue weighted by molar-refractivity contribution is 5.97. The topological polar surface area (TPSA) is 61.8 Å². The number of anilines is 1. The van der Waals surface area contributed by atoms with Crippen LogP contribution in [0.3, 0.4) is 0 Å². The second-order valence-electron chi connectivity index (χ2n) is 7.12. The van der Waals surface area contributed by atoms with Crippen LogP contribution in [0.25, 0.3) is 22.3 Å². The molecule has 3 aromatic heterocycles. The van der Waals surface area contributed by atoms with Crippen molar-refractivity contribution in [2.75, 3.05) is 18.0 Å². The van der Waals surface area contributed by atoms with E-state index in [0.29, 0.717) is 12.1 Å². The number of aromatic nitrogens is 4. The average molecular weight is 359 g/mol. The Morgan fingerprint density at radius 3 is 2.64 bits per heavy atom. The predicted molar refractivity (Wildman–Crippen MR) is 102 cm³/mol. The van der Waals surface area contributed by atoms with Crippen LogP contribution >= 0.6 is 12.4 Å². The first-order valence-electron chi connectivity index (χ1n) is 8.66. The fraction of sp³-hybridized carbons (Fsp3) is 0.444. The van der Waals surface area contributed by atoms with Crippen LogP contribution in [0.4, 0.5) is 5.69 Å². The largest absolute Gasteiger partial charge is 0.368 e. The molecule has 2 aliphatic heterocycles. The van der Waals surface area contributed by atoms with E-state index in [1.165, 1.54) is 29.5 Å². The van der Waals surface area contributed by atoms with Gasteiger partial charge in [-0.15, -0.1) is 12.4 Å². The lowest BCUT2D eigenvalue weighted by molar-refractivity contribution is 0.466. The standard InChI is InChI=1S/C18H22N6.ClH/c1-11-16-15(24-9-13-3-4-14(10-24)21-13)5-6-19-18(16)22-17(11)12-7-20-23(2)8-12;/h5-8,13-14,21H,3-4,9-10H2,1-2H3,(H,19,22);1H. The molecule has 5 rings (SSSR count). The third-order valence-corrected chi connectivity index (χ3v) is 5.47. The molecule has 132 valence electrons. The summed E-state index contributed by atoms with van der Waals surface area (Å²) in [7, 11) is 1.95. The van der Waals surface area contributed by atoms with Gasteiger partial charge in [-0.05, 0) is 31.4 Å². The van der Waals surface area contributed by atoms with Gasteiger partial charge in [0.05, 0.1) is 11.9 Å². The SMILES string of the molecule is Cc1c(-c2cnn(C)c2)[nH]c2nccc(N3CC4CCC(C3)N4)c12.Cl. The Kier molecular flexibility index (Phi) is 3.96. The number of rotatable bonds is 2. The van der Waals surface area contributed by atoms with E-state index in [9.17, 15) is 0 Å². The zero-order chi connectivity index (χ0) is 16.3. The van der Waals surface area contributed by atoms with Crippen LogP contribution in [-0.2, 0) is 7.05 Å². The van der Waals surface area contributed by atoms with E-state index in [1.54, 1.807) is 0 Å². The maximum absolute atomic E-state index is 4.58. The zero-order valence-electron chi connectivity index (χ0n) is 14.5. The molecule has 0 aromatic carbocycles. The lowest BCUT2D eigenvalue weighted by Gasteiger charge is -2.35. The fourth-order valence-corrected chi connectivity index (χ4v) is 4.35.